The van der Waals surface area contributed by atoms with E-state index in [4.69, 9.17) is 28.0 Å². The molecule has 0 aromatic heterocycles. The Morgan fingerprint density at radius 3 is 1.11 bits per heavy atom. The highest BCUT2D eigenvalue weighted by Crippen LogP contribution is 2.43. The van der Waals surface area contributed by atoms with E-state index in [1.807, 2.05) is 13.8 Å². The summed E-state index contributed by atoms with van der Waals surface area (Å²) in [6.07, 6.45) is 23.3. The second-order valence-corrected chi connectivity index (χ2v) is 19.4. The lowest BCUT2D eigenvalue weighted by Gasteiger charge is -2.22. The number of nitrogens with one attached hydrogen (secondary N) is 2. The molecule has 0 saturated carbocycles. The van der Waals surface area contributed by atoms with Crippen molar-refractivity contribution in [2.24, 2.45) is 11.8 Å². The van der Waals surface area contributed by atoms with E-state index in [1.54, 1.807) is 0 Å². The van der Waals surface area contributed by atoms with Crippen LogP contribution in [0.3, 0.4) is 0 Å². The molecule has 15 heteroatoms. The second-order valence-electron chi connectivity index (χ2n) is 17.9. The minimum Gasteiger partial charge on any atom is -0.462 e. The number of carbonyl (C=O) groups excluding carboxylic acids is 4. The van der Waals surface area contributed by atoms with E-state index in [-0.39, 0.29) is 32.3 Å². The third-order valence-electron chi connectivity index (χ3n) is 10.4. The van der Waals surface area contributed by atoms with Crippen molar-refractivity contribution in [3.8, 4) is 0 Å². The van der Waals surface area contributed by atoms with Gasteiger partial charge >= 0.3 is 31.7 Å². The van der Waals surface area contributed by atoms with Crippen LogP contribution in [0.2, 0.25) is 0 Å². The van der Waals surface area contributed by atoms with Crippen LogP contribution >= 0.6 is 7.82 Å². The first-order valence-electron chi connectivity index (χ1n) is 25.0. The van der Waals surface area contributed by atoms with E-state index in [2.05, 4.69) is 38.3 Å². The topological polar surface area (TPSA) is 185 Å². The number of hydrogen-bond donors (Lipinski definition) is 3. The van der Waals surface area contributed by atoms with Crippen LogP contribution in [0.25, 0.3) is 0 Å². The van der Waals surface area contributed by atoms with Gasteiger partial charge in [0.1, 0.15) is 13.2 Å². The number of unbranched alkanes of at least 4 members (excludes halogenated alkanes) is 20. The molecule has 63 heavy (non-hydrogen) atoms. The monoisotopic (exact) mass is 921 g/mol. The summed E-state index contributed by atoms with van der Waals surface area (Å²) in [5, 5.41) is 6.31. The minimum absolute atomic E-state index is 0.0216. The fraction of sp³-hybridized carbons (Fsp3) is 0.917. The van der Waals surface area contributed by atoms with Crippen LogP contribution in [-0.2, 0) is 51.7 Å². The number of carbonyl (C=O) groups is 4. The van der Waals surface area contributed by atoms with Crippen molar-refractivity contribution < 1.29 is 56.6 Å². The Balaban J connectivity index is 5.21. The smallest absolute Gasteiger partial charge is 0.462 e. The van der Waals surface area contributed by atoms with Gasteiger partial charge in [-0.2, -0.15) is 0 Å². The van der Waals surface area contributed by atoms with Crippen molar-refractivity contribution in [3.63, 3.8) is 0 Å². The van der Waals surface area contributed by atoms with Gasteiger partial charge in [0.15, 0.2) is 12.2 Å². The fourth-order valence-electron chi connectivity index (χ4n) is 6.66. The molecule has 3 atom stereocenters. The van der Waals surface area contributed by atoms with E-state index < -0.39 is 63.7 Å². The van der Waals surface area contributed by atoms with Gasteiger partial charge in [-0.15, -0.1) is 0 Å². The number of phosphoric acid groups is 1. The van der Waals surface area contributed by atoms with Crippen LogP contribution in [0.1, 0.15) is 208 Å². The number of ether oxygens (including phenoxy) is 4. The van der Waals surface area contributed by atoms with E-state index in [0.29, 0.717) is 44.3 Å². The minimum atomic E-state index is -4.83. The van der Waals surface area contributed by atoms with Crippen molar-refractivity contribution in [2.45, 2.75) is 221 Å². The first-order valence-corrected chi connectivity index (χ1v) is 26.5. The second kappa shape index (κ2) is 42.5. The lowest BCUT2D eigenvalue weighted by atomic mass is 10.1. The van der Waals surface area contributed by atoms with Gasteiger partial charge in [-0.1, -0.05) is 170 Å². The lowest BCUT2D eigenvalue weighted by Crippen LogP contribution is -2.32. The Morgan fingerprint density at radius 2 is 0.746 bits per heavy atom. The van der Waals surface area contributed by atoms with Gasteiger partial charge in [-0.25, -0.2) is 4.57 Å². The predicted octanol–water partition coefficient (Wildman–Crippen LogP) is 10.7. The van der Waals surface area contributed by atoms with Crippen LogP contribution in [-0.4, -0.2) is 93.6 Å². The molecule has 372 valence electrons. The maximum absolute atomic E-state index is 13.1. The lowest BCUT2D eigenvalue weighted by molar-refractivity contribution is -0.162. The molecule has 0 heterocycles. The highest BCUT2D eigenvalue weighted by atomic mass is 31.2. The van der Waals surface area contributed by atoms with Crippen LogP contribution < -0.4 is 10.6 Å². The van der Waals surface area contributed by atoms with Gasteiger partial charge in [0.25, 0.3) is 0 Å². The summed E-state index contributed by atoms with van der Waals surface area (Å²) in [6.45, 7) is 12.9. The third-order valence-corrected chi connectivity index (χ3v) is 11.3. The molecule has 0 saturated heterocycles. The SMILES string of the molecule is CCCCCCCCCCCCCC(=O)OCC(COP(=O)(O)OCC(COC(=O)CCNCC(C)C)OC(=O)CCNCC(C)C)OC(=O)CCCCCCCCCCCCC. The molecule has 3 N–H and O–H groups in total. The molecular weight excluding hydrogens is 828 g/mol. The molecule has 0 bridgehead atoms. The van der Waals surface area contributed by atoms with Crippen molar-refractivity contribution in [1.82, 2.24) is 10.6 Å². The van der Waals surface area contributed by atoms with Crippen molar-refractivity contribution in [2.75, 3.05) is 52.6 Å². The van der Waals surface area contributed by atoms with Crippen LogP contribution in [0.4, 0.5) is 0 Å². The maximum Gasteiger partial charge on any atom is 0.472 e. The number of esters is 4. The van der Waals surface area contributed by atoms with Gasteiger partial charge in [-0.3, -0.25) is 28.2 Å². The number of phosphoric ester groups is 1. The maximum atomic E-state index is 13.1. The summed E-state index contributed by atoms with van der Waals surface area (Å²) in [6, 6.07) is 0. The van der Waals surface area contributed by atoms with E-state index in [0.717, 1.165) is 45.1 Å². The summed E-state index contributed by atoms with van der Waals surface area (Å²) in [7, 11) is -4.83. The van der Waals surface area contributed by atoms with Gasteiger partial charge in [0.05, 0.1) is 26.1 Å². The summed E-state index contributed by atoms with van der Waals surface area (Å²) < 4.78 is 45.3. The molecule has 14 nitrogen and oxygen atoms in total. The van der Waals surface area contributed by atoms with Gasteiger partial charge < -0.3 is 34.5 Å². The van der Waals surface area contributed by atoms with Crippen LogP contribution in [0.5, 0.6) is 0 Å². The van der Waals surface area contributed by atoms with Gasteiger partial charge in [0.2, 0.25) is 0 Å². The molecule has 0 amide bonds. The standard InChI is InChI=1S/C48H93N2O12P/c1-7-9-11-13-15-17-19-21-23-25-27-29-45(51)57-37-43(61-47(53)30-28-26-24-22-20-18-16-14-12-10-8-2)39-59-63(55,56)60-40-44(62-48(54)32-34-50-36-42(5)6)38-58-46(52)31-33-49-35-41(3)4/h41-44,49-50H,7-40H2,1-6H3,(H,55,56). The molecule has 0 aliphatic carbocycles. The molecule has 3 unspecified atom stereocenters. The Kier molecular flexibility index (Phi) is 41.1. The van der Waals surface area contributed by atoms with Crippen molar-refractivity contribution >= 4 is 31.7 Å². The Bertz CT molecular complexity index is 1170. The third kappa shape index (κ3) is 43.6. The summed E-state index contributed by atoms with van der Waals surface area (Å²) in [5.41, 5.74) is 0. The van der Waals surface area contributed by atoms with Gasteiger partial charge in [0, 0.05) is 25.9 Å². The Morgan fingerprint density at radius 1 is 0.444 bits per heavy atom. The van der Waals surface area contributed by atoms with E-state index in [9.17, 15) is 28.6 Å². The highest BCUT2D eigenvalue weighted by Gasteiger charge is 2.29. The highest BCUT2D eigenvalue weighted by molar-refractivity contribution is 7.47. The molecular formula is C48H93N2O12P. The average Bonchev–Trinajstić information content (AvgIpc) is 3.24. The molecule has 0 spiro atoms. The van der Waals surface area contributed by atoms with Crippen molar-refractivity contribution in [3.05, 3.63) is 0 Å². The van der Waals surface area contributed by atoms with Gasteiger partial charge in [-0.05, 0) is 37.8 Å². The Hall–Kier alpha value is -2.09. The summed E-state index contributed by atoms with van der Waals surface area (Å²) in [4.78, 5) is 61.2. The molecule has 0 radical (unpaired) electrons. The summed E-state index contributed by atoms with van der Waals surface area (Å²) in [5.74, 6) is -1.32. The zero-order valence-corrected chi connectivity index (χ0v) is 41.6. The normalized spacial score (nSPS) is 13.5. The quantitative estimate of drug-likeness (QED) is 0.0227. The van der Waals surface area contributed by atoms with E-state index in [1.165, 1.54) is 89.9 Å². The molecule has 0 aliphatic rings. The van der Waals surface area contributed by atoms with Crippen LogP contribution in [0.15, 0.2) is 0 Å². The zero-order chi connectivity index (χ0) is 46.8. The number of hydrogen-bond acceptors (Lipinski definition) is 13. The average molecular weight is 921 g/mol. The Labute approximate surface area is 383 Å². The number of rotatable bonds is 46. The molecule has 0 rings (SSSR count). The van der Waals surface area contributed by atoms with Crippen molar-refractivity contribution in [1.29, 1.82) is 0 Å². The summed E-state index contributed by atoms with van der Waals surface area (Å²) >= 11 is 0. The molecule has 0 aliphatic heterocycles. The molecule has 0 aromatic carbocycles. The zero-order valence-electron chi connectivity index (χ0n) is 40.7. The largest absolute Gasteiger partial charge is 0.472 e. The van der Waals surface area contributed by atoms with E-state index >= 15 is 0 Å². The molecule has 0 fully saturated rings. The first-order chi connectivity index (χ1) is 30.3. The fourth-order valence-corrected chi connectivity index (χ4v) is 7.44. The molecule has 0 aromatic rings. The van der Waals surface area contributed by atoms with Crippen LogP contribution in [0, 0.1) is 11.8 Å². The first kappa shape index (κ1) is 60.9. The predicted molar refractivity (Wildman–Crippen MR) is 250 cm³/mol.